The summed E-state index contributed by atoms with van der Waals surface area (Å²) in [5.41, 5.74) is 1.31. The Balaban J connectivity index is 0.000000561. The molecule has 1 atom stereocenters. The average Bonchev–Trinajstić information content (AvgIpc) is 2.09. The molecule has 0 spiro atoms. The number of aryl methyl sites for hydroxylation is 1. The Kier molecular flexibility index (Phi) is 5.73. The van der Waals surface area contributed by atoms with Gasteiger partial charge in [0.15, 0.2) is 0 Å². The fourth-order valence-corrected chi connectivity index (χ4v) is 1.37. The van der Waals surface area contributed by atoms with Crippen molar-refractivity contribution in [1.82, 2.24) is 0 Å². The minimum Gasteiger partial charge on any atom is -0.165 e. The Morgan fingerprint density at radius 3 is 1.83 bits per heavy atom. The van der Waals surface area contributed by atoms with E-state index in [2.05, 4.69) is 43.3 Å². The lowest BCUT2D eigenvalue weighted by atomic mass is 10.2. The predicted octanol–water partition coefficient (Wildman–Crippen LogP) is 3.71. The van der Waals surface area contributed by atoms with Gasteiger partial charge in [0.1, 0.15) is 0 Å². The molecule has 0 fully saturated rings. The highest BCUT2D eigenvalue weighted by molar-refractivity contribution is 8.13. The van der Waals surface area contributed by atoms with Crippen LogP contribution < -0.4 is 0 Å². The number of hydrogen-bond donors (Lipinski definition) is 0. The van der Waals surface area contributed by atoms with E-state index in [1.807, 2.05) is 13.8 Å². The van der Waals surface area contributed by atoms with Crippen molar-refractivity contribution in [3.8, 4) is 0 Å². The Morgan fingerprint density at radius 1 is 1.08 bits per heavy atom. The molecule has 0 aliphatic heterocycles. The topological polar surface area (TPSA) is 0 Å². The molecule has 0 N–H and O–H groups in total. The van der Waals surface area contributed by atoms with Gasteiger partial charge in [-0.15, -0.1) is 0 Å². The molecule has 0 aliphatic rings. The van der Waals surface area contributed by atoms with Gasteiger partial charge in [-0.25, -0.2) is 0 Å². The van der Waals surface area contributed by atoms with Crippen LogP contribution in [0.3, 0.4) is 0 Å². The van der Waals surface area contributed by atoms with Crippen molar-refractivity contribution < 1.29 is 0 Å². The van der Waals surface area contributed by atoms with Crippen LogP contribution in [-0.2, 0) is 0 Å². The second kappa shape index (κ2) is 6.01. The molecule has 0 aliphatic carbocycles. The lowest BCUT2D eigenvalue weighted by Crippen LogP contribution is -1.73. The molecule has 1 heteroatoms. The van der Waals surface area contributed by atoms with Crippen LogP contribution in [0, 0.1) is 6.92 Å². The maximum atomic E-state index is 3.97. The van der Waals surface area contributed by atoms with Gasteiger partial charge < -0.3 is 0 Å². The van der Waals surface area contributed by atoms with Crippen LogP contribution in [0.4, 0.5) is 0 Å². The molecule has 1 rings (SSSR count). The summed E-state index contributed by atoms with van der Waals surface area (Å²) in [6, 6.07) is 8.55. The second-order valence-electron chi connectivity index (χ2n) is 2.45. The van der Waals surface area contributed by atoms with Crippen LogP contribution in [-0.4, -0.2) is 12.1 Å². The van der Waals surface area contributed by atoms with E-state index >= 15 is 0 Å². The van der Waals surface area contributed by atoms with Crippen LogP contribution >= 0.6 is 10.5 Å². The van der Waals surface area contributed by atoms with Crippen LogP contribution in [0.25, 0.3) is 0 Å². The van der Waals surface area contributed by atoms with Crippen molar-refractivity contribution in [3.05, 3.63) is 29.8 Å². The van der Waals surface area contributed by atoms with Gasteiger partial charge in [0.05, 0.1) is 0 Å². The van der Waals surface area contributed by atoms with Gasteiger partial charge in [-0.1, -0.05) is 37.4 Å². The Hall–Kier alpha value is -0.560. The van der Waals surface area contributed by atoms with Crippen LogP contribution in [0.5, 0.6) is 0 Å². The summed E-state index contributed by atoms with van der Waals surface area (Å²) < 4.78 is 0. The third-order valence-electron chi connectivity index (χ3n) is 1.42. The van der Waals surface area contributed by atoms with E-state index in [4.69, 9.17) is 0 Å². The minimum atomic E-state index is 0.163. The average molecular weight is 182 g/mol. The molecule has 0 radical (unpaired) electrons. The van der Waals surface area contributed by atoms with Crippen LogP contribution in [0.1, 0.15) is 19.4 Å². The van der Waals surface area contributed by atoms with Crippen molar-refractivity contribution >= 4 is 16.4 Å². The summed E-state index contributed by atoms with van der Waals surface area (Å²) in [4.78, 5) is 1.34. The first kappa shape index (κ1) is 11.4. The lowest BCUT2D eigenvalue weighted by Gasteiger charge is -1.99. The fraction of sp³-hybridized carbons (Fsp3) is 0.364. The Morgan fingerprint density at radius 2 is 1.50 bits per heavy atom. The van der Waals surface area contributed by atoms with Gasteiger partial charge in [-0.2, -0.15) is 10.5 Å². The Labute approximate surface area is 78.6 Å². The summed E-state index contributed by atoms with van der Waals surface area (Å²) in [5.74, 6) is 3.97. The first-order chi connectivity index (χ1) is 5.70. The molecular weight excluding hydrogens is 164 g/mol. The molecule has 0 saturated heterocycles. The van der Waals surface area contributed by atoms with E-state index in [0.29, 0.717) is 0 Å². The van der Waals surface area contributed by atoms with Gasteiger partial charge in [0, 0.05) is 4.90 Å². The summed E-state index contributed by atoms with van der Waals surface area (Å²) >= 11 is 0. The van der Waals surface area contributed by atoms with Crippen LogP contribution in [0.2, 0.25) is 0 Å². The second-order valence-corrected chi connectivity index (χ2v) is 4.20. The molecule has 0 bridgehead atoms. The molecule has 1 aromatic carbocycles. The molecule has 1 unspecified atom stereocenters. The van der Waals surface area contributed by atoms with E-state index in [0.717, 1.165) is 0 Å². The highest BCUT2D eigenvalue weighted by Crippen LogP contribution is 2.19. The van der Waals surface area contributed by atoms with Gasteiger partial charge in [0.25, 0.3) is 0 Å². The van der Waals surface area contributed by atoms with Gasteiger partial charge in [-0.3, -0.25) is 0 Å². The number of rotatable bonds is 1. The number of hydrogen-bond acceptors (Lipinski definition) is 0. The first-order valence-corrected chi connectivity index (χ1v) is 6.02. The third kappa shape index (κ3) is 3.72. The first-order valence-electron chi connectivity index (χ1n) is 4.22. The minimum absolute atomic E-state index is 0.163. The van der Waals surface area contributed by atoms with E-state index in [1.54, 1.807) is 0 Å². The molecule has 0 heterocycles. The smallest absolute Gasteiger partial charge is 0.000871 e. The molecule has 0 saturated carbocycles. The maximum Gasteiger partial charge on any atom is 0.000871 e. The Bertz CT molecular complexity index is 234. The van der Waals surface area contributed by atoms with Crippen molar-refractivity contribution in [3.63, 3.8) is 0 Å². The fourth-order valence-electron chi connectivity index (χ4n) is 0.771. The van der Waals surface area contributed by atoms with Gasteiger partial charge in [0.2, 0.25) is 0 Å². The lowest BCUT2D eigenvalue weighted by molar-refractivity contribution is 1.38. The van der Waals surface area contributed by atoms with Crippen molar-refractivity contribution in [1.29, 1.82) is 0 Å². The number of benzene rings is 1. The van der Waals surface area contributed by atoms with Crippen molar-refractivity contribution in [2.75, 3.05) is 6.26 Å². The largest absolute Gasteiger partial charge is 0.165 e. The normalized spacial score (nSPS) is 11.3. The zero-order chi connectivity index (χ0) is 9.56. The van der Waals surface area contributed by atoms with Crippen molar-refractivity contribution in [2.24, 2.45) is 0 Å². The highest BCUT2D eigenvalue weighted by Gasteiger charge is 1.88. The molecule has 68 valence electrons. The maximum absolute atomic E-state index is 3.97. The predicted molar refractivity (Wildman–Crippen MR) is 61.4 cm³/mol. The third-order valence-corrected chi connectivity index (χ3v) is 2.50. The summed E-state index contributed by atoms with van der Waals surface area (Å²) in [5, 5.41) is 0. The molecule has 1 aromatic rings. The standard InChI is InChI=1S/C9H12S.C2H6/c1-8-4-6-9(7-5-8)10(2)3;1-2/h4-7H,2H2,1,3H3;1-2H3. The van der Waals surface area contributed by atoms with E-state index in [1.165, 1.54) is 10.5 Å². The van der Waals surface area contributed by atoms with Crippen molar-refractivity contribution in [2.45, 2.75) is 25.7 Å². The summed E-state index contributed by atoms with van der Waals surface area (Å²) in [7, 11) is 0.163. The van der Waals surface area contributed by atoms with Crippen LogP contribution in [0.15, 0.2) is 29.2 Å². The quantitative estimate of drug-likeness (QED) is 0.581. The molecule has 0 nitrogen and oxygen atoms in total. The molecule has 0 amide bonds. The molecular formula is C11H18S. The zero-order valence-corrected chi connectivity index (χ0v) is 9.24. The van der Waals surface area contributed by atoms with Gasteiger partial charge >= 0.3 is 0 Å². The van der Waals surface area contributed by atoms with E-state index in [9.17, 15) is 0 Å². The van der Waals surface area contributed by atoms with Gasteiger partial charge in [-0.05, 0) is 25.3 Å². The van der Waals surface area contributed by atoms with E-state index < -0.39 is 0 Å². The highest BCUT2D eigenvalue weighted by atomic mass is 32.2. The zero-order valence-electron chi connectivity index (χ0n) is 8.42. The molecule has 0 aromatic heterocycles. The van der Waals surface area contributed by atoms with E-state index in [-0.39, 0.29) is 10.5 Å². The SMILES string of the molecule is C=S(C)c1ccc(C)cc1.CC. The summed E-state index contributed by atoms with van der Waals surface area (Å²) in [6.45, 7) is 6.10. The summed E-state index contributed by atoms with van der Waals surface area (Å²) in [6.07, 6.45) is 2.13. The molecule has 12 heavy (non-hydrogen) atoms. The monoisotopic (exact) mass is 182 g/mol.